The van der Waals surface area contributed by atoms with Gasteiger partial charge in [0, 0.05) is 0 Å². The molecular weight excluding hydrogens is 156 g/mol. The third kappa shape index (κ3) is 2.93. The first kappa shape index (κ1) is 9.07. The van der Waals surface area contributed by atoms with Crippen molar-refractivity contribution in [3.05, 3.63) is 6.43 Å². The van der Waals surface area contributed by atoms with Gasteiger partial charge in [-0.1, -0.05) is 18.7 Å². The first-order valence-corrected chi connectivity index (χ1v) is 3.19. The van der Waals surface area contributed by atoms with Gasteiger partial charge in [0.15, 0.2) is 0 Å². The lowest BCUT2D eigenvalue weighted by atomic mass is 10.7. The predicted octanol–water partition coefficient (Wildman–Crippen LogP) is 2.76. The van der Waals surface area contributed by atoms with Gasteiger partial charge in [-0.2, -0.15) is 17.6 Å². The molecule has 0 aromatic carbocycles. The number of hydrogen-bond acceptors (Lipinski definition) is 1. The summed E-state index contributed by atoms with van der Waals surface area (Å²) in [4.78, 5) is 0. The molecule has 0 N–H and O–H groups in total. The van der Waals surface area contributed by atoms with Crippen LogP contribution in [-0.2, 0) is 0 Å². The van der Waals surface area contributed by atoms with Crippen LogP contribution < -0.4 is 0 Å². The van der Waals surface area contributed by atoms with Crippen LogP contribution in [-0.4, -0.2) is 11.0 Å². The molecule has 1 radical (unpaired) electrons. The molecule has 0 aliphatic rings. The summed E-state index contributed by atoms with van der Waals surface area (Å²) in [6.45, 7) is 1.39. The van der Waals surface area contributed by atoms with E-state index < -0.39 is 11.7 Å². The quantitative estimate of drug-likeness (QED) is 0.573. The molecule has 0 nitrogen and oxygen atoms in total. The average molecular weight is 161 g/mol. The van der Waals surface area contributed by atoms with Gasteiger partial charge in [0.25, 0.3) is 0 Å². The summed E-state index contributed by atoms with van der Waals surface area (Å²) in [6.07, 6.45) is -2.82. The fraction of sp³-hybridized carbons (Fsp3) is 0.750. The summed E-state index contributed by atoms with van der Waals surface area (Å²) < 4.78 is 45.7. The Morgan fingerprint density at radius 3 is 2.00 bits per heavy atom. The van der Waals surface area contributed by atoms with Gasteiger partial charge < -0.3 is 0 Å². The van der Waals surface area contributed by atoms with Crippen LogP contribution in [0.4, 0.5) is 17.6 Å². The van der Waals surface area contributed by atoms with Gasteiger partial charge in [-0.05, 0) is 5.75 Å². The van der Waals surface area contributed by atoms with Crippen LogP contribution in [0.3, 0.4) is 0 Å². The molecule has 0 atom stereocenters. The molecule has 0 saturated heterocycles. The molecule has 0 unspecified atom stereocenters. The second-order valence-electron chi connectivity index (χ2n) is 1.21. The molecule has 0 rings (SSSR count). The zero-order chi connectivity index (χ0) is 7.49. The maximum atomic E-state index is 11.7. The molecule has 0 aliphatic heterocycles. The van der Waals surface area contributed by atoms with Crippen molar-refractivity contribution >= 4 is 11.8 Å². The van der Waals surface area contributed by atoms with Crippen molar-refractivity contribution in [3.63, 3.8) is 0 Å². The number of hydrogen-bond donors (Lipinski definition) is 0. The van der Waals surface area contributed by atoms with Crippen LogP contribution in [0.5, 0.6) is 0 Å². The maximum absolute atomic E-state index is 11.7. The molecule has 0 amide bonds. The Balaban J connectivity index is 3.70. The minimum absolute atomic E-state index is 0.0235. The minimum atomic E-state index is -3.95. The van der Waals surface area contributed by atoms with E-state index >= 15 is 0 Å². The average Bonchev–Trinajstić information content (AvgIpc) is 1.65. The van der Waals surface area contributed by atoms with Crippen LogP contribution in [0.2, 0.25) is 0 Å². The van der Waals surface area contributed by atoms with Crippen LogP contribution in [0.15, 0.2) is 0 Å². The van der Waals surface area contributed by atoms with E-state index in [4.69, 9.17) is 0 Å². The summed E-state index contributed by atoms with van der Waals surface area (Å²) in [7, 11) is 0. The monoisotopic (exact) mass is 161 g/mol. The Morgan fingerprint density at radius 2 is 1.89 bits per heavy atom. The van der Waals surface area contributed by atoms with Gasteiger partial charge in [-0.15, -0.1) is 0 Å². The summed E-state index contributed by atoms with van der Waals surface area (Å²) >= 11 is -0.0787. The SMILES string of the molecule is CCSC(F)(F)[C](F)F. The number of halogens is 4. The standard InChI is InChI=1S/C4H5F4S/c1-2-9-4(7,8)3(5)6/h2H2,1H3. The second kappa shape index (κ2) is 3.29. The van der Waals surface area contributed by atoms with Gasteiger partial charge >= 0.3 is 11.7 Å². The van der Waals surface area contributed by atoms with Crippen molar-refractivity contribution in [1.82, 2.24) is 0 Å². The van der Waals surface area contributed by atoms with Crippen molar-refractivity contribution in [2.45, 2.75) is 12.2 Å². The molecule has 5 heteroatoms. The van der Waals surface area contributed by atoms with Gasteiger partial charge in [-0.25, -0.2) is 0 Å². The predicted molar refractivity (Wildman–Crippen MR) is 28.5 cm³/mol. The number of alkyl halides is 2. The molecule has 0 aromatic rings. The van der Waals surface area contributed by atoms with E-state index in [0.717, 1.165) is 0 Å². The summed E-state index contributed by atoms with van der Waals surface area (Å²) in [6, 6.07) is 0. The lowest BCUT2D eigenvalue weighted by molar-refractivity contribution is 0.0234. The maximum Gasteiger partial charge on any atom is 0.388 e. The largest absolute Gasteiger partial charge is 0.388 e. The third-order valence-corrected chi connectivity index (χ3v) is 1.35. The molecule has 0 aromatic heterocycles. The van der Waals surface area contributed by atoms with Crippen molar-refractivity contribution in [2.24, 2.45) is 0 Å². The summed E-state index contributed by atoms with van der Waals surface area (Å²) in [5.74, 6) is -0.0235. The van der Waals surface area contributed by atoms with Crippen molar-refractivity contribution < 1.29 is 17.6 Å². The molecule has 0 saturated carbocycles. The van der Waals surface area contributed by atoms with Gasteiger partial charge in [-0.3, -0.25) is 0 Å². The Hall–Kier alpha value is 0.0700. The van der Waals surface area contributed by atoms with Crippen molar-refractivity contribution in [2.75, 3.05) is 5.75 Å². The highest BCUT2D eigenvalue weighted by Crippen LogP contribution is 2.39. The van der Waals surface area contributed by atoms with E-state index in [-0.39, 0.29) is 17.5 Å². The molecule has 0 aliphatic carbocycles. The lowest BCUT2D eigenvalue weighted by Crippen LogP contribution is -2.14. The first-order chi connectivity index (χ1) is 4.00. The van der Waals surface area contributed by atoms with E-state index in [0.29, 0.717) is 0 Å². The lowest BCUT2D eigenvalue weighted by Gasteiger charge is -2.10. The van der Waals surface area contributed by atoms with Gasteiger partial charge in [0.05, 0.1) is 0 Å². The smallest absolute Gasteiger partial charge is 0.191 e. The molecule has 0 bridgehead atoms. The molecule has 0 spiro atoms. The summed E-state index contributed by atoms with van der Waals surface area (Å²) in [5, 5.41) is -3.95. The van der Waals surface area contributed by atoms with Crippen LogP contribution >= 0.6 is 11.8 Å². The highest BCUT2D eigenvalue weighted by molar-refractivity contribution is 8.00. The van der Waals surface area contributed by atoms with E-state index in [2.05, 4.69) is 0 Å². The van der Waals surface area contributed by atoms with Gasteiger partial charge in [0.2, 0.25) is 0 Å². The van der Waals surface area contributed by atoms with Gasteiger partial charge in [0.1, 0.15) is 0 Å². The minimum Gasteiger partial charge on any atom is -0.191 e. The first-order valence-electron chi connectivity index (χ1n) is 2.21. The normalized spacial score (nSPS) is 12.7. The highest BCUT2D eigenvalue weighted by atomic mass is 32.2. The number of thioether (sulfide) groups is 1. The fourth-order valence-corrected chi connectivity index (χ4v) is 0.707. The van der Waals surface area contributed by atoms with Crippen LogP contribution in [0, 0.1) is 6.43 Å². The molecule has 9 heavy (non-hydrogen) atoms. The van der Waals surface area contributed by atoms with E-state index in [1.807, 2.05) is 0 Å². The highest BCUT2D eigenvalue weighted by Gasteiger charge is 2.42. The Bertz CT molecular complexity index is 82.6. The third-order valence-electron chi connectivity index (χ3n) is 0.546. The Morgan fingerprint density at radius 1 is 1.44 bits per heavy atom. The molecule has 55 valence electrons. The fourth-order valence-electron chi connectivity index (χ4n) is 0.236. The van der Waals surface area contributed by atoms with E-state index in [1.54, 1.807) is 0 Å². The van der Waals surface area contributed by atoms with E-state index in [9.17, 15) is 17.6 Å². The topological polar surface area (TPSA) is 0 Å². The molecule has 0 fully saturated rings. The van der Waals surface area contributed by atoms with Crippen LogP contribution in [0.25, 0.3) is 0 Å². The van der Waals surface area contributed by atoms with Crippen molar-refractivity contribution in [1.29, 1.82) is 0 Å². The van der Waals surface area contributed by atoms with Crippen molar-refractivity contribution in [3.8, 4) is 0 Å². The second-order valence-corrected chi connectivity index (χ2v) is 2.59. The Labute approximate surface area is 54.6 Å². The van der Waals surface area contributed by atoms with E-state index in [1.165, 1.54) is 6.92 Å². The zero-order valence-corrected chi connectivity index (χ0v) is 5.44. The molecule has 0 heterocycles. The van der Waals surface area contributed by atoms with Crippen LogP contribution in [0.1, 0.15) is 6.92 Å². The Kier molecular flexibility index (Phi) is 3.32. The zero-order valence-electron chi connectivity index (χ0n) is 4.63. The summed E-state index contributed by atoms with van der Waals surface area (Å²) in [5.41, 5.74) is 0. The number of rotatable bonds is 3. The molecular formula is C4H5F4S.